The predicted octanol–water partition coefficient (Wildman–Crippen LogP) is 5.85. The Morgan fingerprint density at radius 2 is 1.84 bits per heavy atom. The van der Waals surface area contributed by atoms with Gasteiger partial charge in [-0.05, 0) is 69.9 Å². The Morgan fingerprint density at radius 1 is 1.09 bits per heavy atom. The van der Waals surface area contributed by atoms with Crippen molar-refractivity contribution < 1.29 is 27.5 Å². The Hall–Kier alpha value is -3.83. The molecule has 1 N–H and O–H groups in total. The zero-order valence-corrected chi connectivity index (χ0v) is 26.0. The van der Waals surface area contributed by atoms with E-state index in [9.17, 15) is 22.8 Å². The standard InChI is InChI=1S/C32H37ClF3N5O3/c1-5-22-20-40(31(43)23-12-11-21(33)19-25(23)32(34,35)36)17-18-41(22)27-14-13-26(24-9-7-8-10-28(24)44-6-2)38-29(27)30(42)37-15-16-39(3)4/h7-14,19,22H,5-6,15-18,20H2,1-4H3,(H,37,42)/t22-/m1/s1. The van der Waals surface area contributed by atoms with Gasteiger partial charge in [0.25, 0.3) is 11.8 Å². The van der Waals surface area contributed by atoms with E-state index in [1.165, 1.54) is 11.0 Å². The lowest BCUT2D eigenvalue weighted by atomic mass is 10.0. The smallest absolute Gasteiger partial charge is 0.417 e. The number of likely N-dealkylation sites (N-methyl/N-ethyl adjacent to an activating group) is 1. The molecule has 2 aromatic carbocycles. The Morgan fingerprint density at radius 3 is 2.52 bits per heavy atom. The molecule has 12 heteroatoms. The largest absolute Gasteiger partial charge is 0.493 e. The number of aromatic nitrogens is 1. The molecule has 0 aliphatic carbocycles. The number of anilines is 1. The van der Waals surface area contributed by atoms with Gasteiger partial charge < -0.3 is 24.8 Å². The molecule has 4 rings (SSSR count). The molecule has 0 bridgehead atoms. The second-order valence-electron chi connectivity index (χ2n) is 10.7. The van der Waals surface area contributed by atoms with Crippen LogP contribution in [0.15, 0.2) is 54.6 Å². The van der Waals surface area contributed by atoms with E-state index in [1.54, 1.807) is 0 Å². The van der Waals surface area contributed by atoms with Crippen LogP contribution in [0.4, 0.5) is 18.9 Å². The summed E-state index contributed by atoms with van der Waals surface area (Å²) < 4.78 is 47.1. The fourth-order valence-corrected chi connectivity index (χ4v) is 5.42. The van der Waals surface area contributed by atoms with Gasteiger partial charge >= 0.3 is 6.18 Å². The van der Waals surface area contributed by atoms with Gasteiger partial charge in [0.05, 0.1) is 29.1 Å². The lowest BCUT2D eigenvalue weighted by molar-refractivity contribution is -0.138. The molecule has 3 aromatic rings. The summed E-state index contributed by atoms with van der Waals surface area (Å²) in [6.07, 6.45) is -4.15. The first-order chi connectivity index (χ1) is 20.9. The second kappa shape index (κ2) is 14.3. The third kappa shape index (κ3) is 7.62. The first-order valence-corrected chi connectivity index (χ1v) is 14.9. The van der Waals surface area contributed by atoms with Crippen molar-refractivity contribution in [3.05, 3.63) is 76.4 Å². The highest BCUT2D eigenvalue weighted by molar-refractivity contribution is 6.30. The van der Waals surface area contributed by atoms with Gasteiger partial charge in [-0.3, -0.25) is 9.59 Å². The van der Waals surface area contributed by atoms with Crippen LogP contribution in [0.25, 0.3) is 11.3 Å². The molecule has 44 heavy (non-hydrogen) atoms. The summed E-state index contributed by atoms with van der Waals surface area (Å²) in [5.41, 5.74) is 0.627. The highest BCUT2D eigenvalue weighted by Crippen LogP contribution is 2.36. The zero-order chi connectivity index (χ0) is 32.0. The fourth-order valence-electron chi connectivity index (χ4n) is 5.25. The first-order valence-electron chi connectivity index (χ1n) is 14.5. The Labute approximate surface area is 260 Å². The Bertz CT molecular complexity index is 1480. The van der Waals surface area contributed by atoms with E-state index in [4.69, 9.17) is 21.3 Å². The number of piperazine rings is 1. The fraction of sp³-hybridized carbons (Fsp3) is 0.406. The van der Waals surface area contributed by atoms with Crippen molar-refractivity contribution >= 4 is 29.1 Å². The van der Waals surface area contributed by atoms with Crippen molar-refractivity contribution in [2.75, 3.05) is 58.3 Å². The van der Waals surface area contributed by atoms with Crippen molar-refractivity contribution in [1.29, 1.82) is 0 Å². The van der Waals surface area contributed by atoms with E-state index in [-0.39, 0.29) is 35.8 Å². The van der Waals surface area contributed by atoms with E-state index >= 15 is 0 Å². The van der Waals surface area contributed by atoms with Gasteiger partial charge in [-0.25, -0.2) is 4.98 Å². The number of rotatable bonds is 10. The molecule has 1 fully saturated rings. The van der Waals surface area contributed by atoms with Crippen LogP contribution in [0.5, 0.6) is 5.75 Å². The lowest BCUT2D eigenvalue weighted by Gasteiger charge is -2.43. The second-order valence-corrected chi connectivity index (χ2v) is 11.2. The number of halogens is 4. The number of alkyl halides is 3. The molecule has 1 saturated heterocycles. The minimum Gasteiger partial charge on any atom is -0.493 e. The maximum Gasteiger partial charge on any atom is 0.417 e. The number of pyridine rings is 1. The summed E-state index contributed by atoms with van der Waals surface area (Å²) in [6.45, 7) is 5.97. The third-order valence-corrected chi connectivity index (χ3v) is 7.70. The highest BCUT2D eigenvalue weighted by atomic mass is 35.5. The average Bonchev–Trinajstić information content (AvgIpc) is 3.00. The molecule has 8 nitrogen and oxygen atoms in total. The van der Waals surface area contributed by atoms with Gasteiger partial charge in [0, 0.05) is 49.4 Å². The van der Waals surface area contributed by atoms with Crippen LogP contribution in [0.2, 0.25) is 5.02 Å². The monoisotopic (exact) mass is 631 g/mol. The molecule has 0 radical (unpaired) electrons. The number of benzene rings is 2. The van der Waals surface area contributed by atoms with E-state index in [2.05, 4.69) is 5.32 Å². The van der Waals surface area contributed by atoms with Crippen LogP contribution in [-0.4, -0.2) is 86.1 Å². The van der Waals surface area contributed by atoms with E-state index in [0.29, 0.717) is 49.8 Å². The van der Waals surface area contributed by atoms with Crippen LogP contribution in [0.3, 0.4) is 0 Å². The molecular formula is C32H37ClF3N5O3. The molecule has 236 valence electrons. The van der Waals surface area contributed by atoms with Crippen LogP contribution < -0.4 is 15.0 Å². The molecule has 1 aliphatic heterocycles. The third-order valence-electron chi connectivity index (χ3n) is 7.46. The molecular weight excluding hydrogens is 595 g/mol. The summed E-state index contributed by atoms with van der Waals surface area (Å²) >= 11 is 5.83. The minimum absolute atomic E-state index is 0.0960. The van der Waals surface area contributed by atoms with Gasteiger partial charge in [0.1, 0.15) is 5.75 Å². The van der Waals surface area contributed by atoms with E-state index < -0.39 is 23.2 Å². The maximum absolute atomic E-state index is 13.8. The normalized spacial score (nSPS) is 15.4. The number of carbonyl (C=O) groups is 2. The zero-order valence-electron chi connectivity index (χ0n) is 25.2. The minimum atomic E-state index is -4.73. The lowest BCUT2D eigenvalue weighted by Crippen LogP contribution is -2.55. The Kier molecular flexibility index (Phi) is 10.7. The maximum atomic E-state index is 13.8. The quantitative estimate of drug-likeness (QED) is 0.303. The van der Waals surface area contributed by atoms with Gasteiger partial charge in [-0.2, -0.15) is 13.2 Å². The first kappa shape index (κ1) is 33.1. The molecule has 1 atom stereocenters. The van der Waals surface area contributed by atoms with Crippen LogP contribution in [0.1, 0.15) is 46.7 Å². The van der Waals surface area contributed by atoms with E-state index in [1.807, 2.05) is 74.1 Å². The highest BCUT2D eigenvalue weighted by Gasteiger charge is 2.38. The summed E-state index contributed by atoms with van der Waals surface area (Å²) in [7, 11) is 3.82. The van der Waals surface area contributed by atoms with Gasteiger partial charge in [-0.15, -0.1) is 0 Å². The molecule has 0 unspecified atom stereocenters. The van der Waals surface area contributed by atoms with Crippen LogP contribution in [-0.2, 0) is 6.18 Å². The van der Waals surface area contributed by atoms with Crippen molar-refractivity contribution in [1.82, 2.24) is 20.1 Å². The van der Waals surface area contributed by atoms with Crippen molar-refractivity contribution in [2.24, 2.45) is 0 Å². The van der Waals surface area contributed by atoms with Crippen molar-refractivity contribution in [2.45, 2.75) is 32.5 Å². The van der Waals surface area contributed by atoms with Crippen molar-refractivity contribution in [3.63, 3.8) is 0 Å². The van der Waals surface area contributed by atoms with E-state index in [0.717, 1.165) is 17.7 Å². The van der Waals surface area contributed by atoms with Gasteiger partial charge in [0.2, 0.25) is 0 Å². The number of amides is 2. The number of ether oxygens (including phenoxy) is 1. The number of nitrogens with one attached hydrogen (secondary N) is 1. The summed E-state index contributed by atoms with van der Waals surface area (Å²) in [5, 5.41) is 2.86. The SMILES string of the molecule is CCOc1ccccc1-c1ccc(N2CCN(C(=O)c3ccc(Cl)cc3C(F)(F)F)C[C@H]2CC)c(C(=O)NCCN(C)C)n1. The molecule has 1 aliphatic rings. The summed E-state index contributed by atoms with van der Waals surface area (Å²) in [5.74, 6) is -0.412. The topological polar surface area (TPSA) is 78.0 Å². The summed E-state index contributed by atoms with van der Waals surface area (Å²) in [4.78, 5) is 37.2. The molecule has 0 spiro atoms. The predicted molar refractivity (Wildman–Crippen MR) is 166 cm³/mol. The number of para-hydroxylation sites is 1. The summed E-state index contributed by atoms with van der Waals surface area (Å²) in [6, 6.07) is 14.1. The number of hydrogen-bond donors (Lipinski definition) is 1. The van der Waals surface area contributed by atoms with Gasteiger partial charge in [-0.1, -0.05) is 30.7 Å². The molecule has 2 heterocycles. The van der Waals surface area contributed by atoms with Gasteiger partial charge in [0.15, 0.2) is 5.69 Å². The Balaban J connectivity index is 1.67. The number of hydrogen-bond acceptors (Lipinski definition) is 6. The van der Waals surface area contributed by atoms with Crippen LogP contribution >= 0.6 is 11.6 Å². The molecule has 2 amide bonds. The molecule has 0 saturated carbocycles. The number of carbonyl (C=O) groups excluding carboxylic acids is 2. The molecule has 1 aromatic heterocycles. The van der Waals surface area contributed by atoms with Crippen LogP contribution in [0, 0.1) is 0 Å². The van der Waals surface area contributed by atoms with Crippen molar-refractivity contribution in [3.8, 4) is 17.0 Å². The average molecular weight is 632 g/mol. The number of nitrogens with zero attached hydrogens (tertiary/aromatic N) is 4.